The topological polar surface area (TPSA) is 70.7 Å². The van der Waals surface area contributed by atoms with Gasteiger partial charge in [0.15, 0.2) is 6.10 Å². The highest BCUT2D eigenvalue weighted by Crippen LogP contribution is 2.28. The van der Waals surface area contributed by atoms with Crippen molar-refractivity contribution in [3.05, 3.63) is 59.7 Å². The van der Waals surface area contributed by atoms with Gasteiger partial charge in [0.2, 0.25) is 0 Å². The predicted octanol–water partition coefficient (Wildman–Crippen LogP) is 2.48. The van der Waals surface area contributed by atoms with Crippen LogP contribution in [0.25, 0.3) is 0 Å². The van der Waals surface area contributed by atoms with Crippen molar-refractivity contribution in [1.82, 2.24) is 10.2 Å². The number of carbonyl (C=O) groups is 2. The second kappa shape index (κ2) is 8.63. The van der Waals surface area contributed by atoms with Gasteiger partial charge in [-0.2, -0.15) is 0 Å². The molecule has 7 heteroatoms. The third kappa shape index (κ3) is 4.29. The number of benzene rings is 2. The fourth-order valence-electron chi connectivity index (χ4n) is 3.58. The Labute approximate surface area is 170 Å². The zero-order valence-corrected chi connectivity index (χ0v) is 16.5. The number of ether oxygens (including phenoxy) is 1. The first kappa shape index (κ1) is 20.2. The first-order valence-electron chi connectivity index (χ1n) is 9.28. The van der Waals surface area contributed by atoms with Gasteiger partial charge in [-0.15, -0.1) is 12.4 Å². The molecule has 2 aromatic carbocycles. The Balaban J connectivity index is 0.00000225. The van der Waals surface area contributed by atoms with Gasteiger partial charge in [0, 0.05) is 43.3 Å². The van der Waals surface area contributed by atoms with Crippen LogP contribution in [-0.4, -0.2) is 48.5 Å². The van der Waals surface area contributed by atoms with E-state index >= 15 is 0 Å². The lowest BCUT2D eigenvalue weighted by molar-refractivity contribution is -0.122. The number of rotatable bonds is 3. The molecule has 28 heavy (non-hydrogen) atoms. The predicted molar refractivity (Wildman–Crippen MR) is 110 cm³/mol. The van der Waals surface area contributed by atoms with Gasteiger partial charge in [0.1, 0.15) is 5.75 Å². The largest absolute Gasteiger partial charge is 0.480 e. The summed E-state index contributed by atoms with van der Waals surface area (Å²) in [6.45, 7) is 4.23. The Hall–Kier alpha value is -2.57. The normalized spacial score (nSPS) is 20.5. The number of piperazine rings is 1. The van der Waals surface area contributed by atoms with Crippen LogP contribution < -0.4 is 15.4 Å². The minimum atomic E-state index is -0.546. The Morgan fingerprint density at radius 1 is 1.18 bits per heavy atom. The van der Waals surface area contributed by atoms with Gasteiger partial charge in [-0.25, -0.2) is 0 Å². The molecule has 2 aromatic rings. The summed E-state index contributed by atoms with van der Waals surface area (Å²) in [5.74, 6) is 0.546. The standard InChI is InChI=1S/C21H23N3O3.ClH/c1-14-13-24(10-9-22-14)21(26)16-6-4-7-17(11-16)23-20(25)19-12-15-5-2-3-8-18(15)27-19;/h2-8,11,14,19,22H,9-10,12-13H2,1H3,(H,23,25);1H. The highest BCUT2D eigenvalue weighted by molar-refractivity contribution is 5.98. The number of hydrogen-bond donors (Lipinski definition) is 2. The van der Waals surface area contributed by atoms with E-state index in [0.717, 1.165) is 17.9 Å². The fourth-order valence-corrected chi connectivity index (χ4v) is 3.58. The molecule has 2 atom stereocenters. The van der Waals surface area contributed by atoms with Crippen molar-refractivity contribution in [3.63, 3.8) is 0 Å². The van der Waals surface area contributed by atoms with Crippen LogP contribution >= 0.6 is 12.4 Å². The molecule has 2 amide bonds. The number of para-hydroxylation sites is 1. The molecule has 0 spiro atoms. The van der Waals surface area contributed by atoms with Gasteiger partial charge < -0.3 is 20.3 Å². The Kier molecular flexibility index (Phi) is 6.21. The molecule has 1 fully saturated rings. The van der Waals surface area contributed by atoms with E-state index in [-0.39, 0.29) is 30.3 Å². The summed E-state index contributed by atoms with van der Waals surface area (Å²) in [7, 11) is 0. The van der Waals surface area contributed by atoms with Crippen molar-refractivity contribution >= 4 is 29.9 Å². The van der Waals surface area contributed by atoms with E-state index in [1.54, 1.807) is 24.3 Å². The summed E-state index contributed by atoms with van der Waals surface area (Å²) in [4.78, 5) is 27.2. The molecule has 1 saturated heterocycles. The molecule has 0 saturated carbocycles. The number of fused-ring (bicyclic) bond motifs is 1. The van der Waals surface area contributed by atoms with E-state index in [2.05, 4.69) is 17.6 Å². The van der Waals surface area contributed by atoms with Crippen LogP contribution in [-0.2, 0) is 11.2 Å². The van der Waals surface area contributed by atoms with Gasteiger partial charge in [-0.3, -0.25) is 9.59 Å². The van der Waals surface area contributed by atoms with E-state index in [1.165, 1.54) is 0 Å². The highest BCUT2D eigenvalue weighted by Gasteiger charge is 2.29. The summed E-state index contributed by atoms with van der Waals surface area (Å²) < 4.78 is 5.73. The highest BCUT2D eigenvalue weighted by atomic mass is 35.5. The van der Waals surface area contributed by atoms with Gasteiger partial charge in [-0.1, -0.05) is 24.3 Å². The van der Waals surface area contributed by atoms with Crippen molar-refractivity contribution in [2.75, 3.05) is 25.0 Å². The summed E-state index contributed by atoms with van der Waals surface area (Å²) >= 11 is 0. The smallest absolute Gasteiger partial charge is 0.265 e. The third-order valence-electron chi connectivity index (χ3n) is 4.97. The third-order valence-corrected chi connectivity index (χ3v) is 4.97. The Bertz CT molecular complexity index is 848. The molecule has 0 aliphatic carbocycles. The quantitative estimate of drug-likeness (QED) is 0.829. The maximum atomic E-state index is 12.7. The van der Waals surface area contributed by atoms with E-state index in [0.29, 0.717) is 30.8 Å². The summed E-state index contributed by atoms with van der Waals surface area (Å²) in [6, 6.07) is 15.1. The van der Waals surface area contributed by atoms with Gasteiger partial charge >= 0.3 is 0 Å². The van der Waals surface area contributed by atoms with Crippen molar-refractivity contribution in [2.45, 2.75) is 25.5 Å². The van der Waals surface area contributed by atoms with Crippen LogP contribution in [0, 0.1) is 0 Å². The molecule has 2 N–H and O–H groups in total. The van der Waals surface area contributed by atoms with Crippen LogP contribution in [0.1, 0.15) is 22.8 Å². The zero-order chi connectivity index (χ0) is 18.8. The van der Waals surface area contributed by atoms with Crippen LogP contribution in [0.2, 0.25) is 0 Å². The van der Waals surface area contributed by atoms with Crippen LogP contribution in [0.5, 0.6) is 5.75 Å². The van der Waals surface area contributed by atoms with Crippen LogP contribution in [0.4, 0.5) is 5.69 Å². The minimum absolute atomic E-state index is 0. The van der Waals surface area contributed by atoms with Crippen molar-refractivity contribution in [1.29, 1.82) is 0 Å². The summed E-state index contributed by atoms with van der Waals surface area (Å²) in [5, 5.41) is 6.21. The van der Waals surface area contributed by atoms with E-state index in [4.69, 9.17) is 4.74 Å². The van der Waals surface area contributed by atoms with Gasteiger partial charge in [0.05, 0.1) is 0 Å². The molecular formula is C21H24ClN3O3. The number of anilines is 1. The van der Waals surface area contributed by atoms with Gasteiger partial charge in [-0.05, 0) is 36.8 Å². The first-order valence-corrected chi connectivity index (χ1v) is 9.28. The van der Waals surface area contributed by atoms with Crippen molar-refractivity contribution < 1.29 is 14.3 Å². The first-order chi connectivity index (χ1) is 13.1. The number of hydrogen-bond acceptors (Lipinski definition) is 4. The van der Waals surface area contributed by atoms with Crippen molar-refractivity contribution in [2.24, 2.45) is 0 Å². The maximum absolute atomic E-state index is 12.7. The van der Waals surface area contributed by atoms with Crippen molar-refractivity contribution in [3.8, 4) is 5.75 Å². The molecule has 6 nitrogen and oxygen atoms in total. The average Bonchev–Trinajstić information content (AvgIpc) is 3.12. The lowest BCUT2D eigenvalue weighted by atomic mass is 10.1. The maximum Gasteiger partial charge on any atom is 0.265 e. The molecule has 148 valence electrons. The zero-order valence-electron chi connectivity index (χ0n) is 15.7. The number of halogens is 1. The summed E-state index contributed by atoms with van der Waals surface area (Å²) in [5.41, 5.74) is 2.22. The Morgan fingerprint density at radius 3 is 2.79 bits per heavy atom. The number of nitrogens with zero attached hydrogens (tertiary/aromatic N) is 1. The van der Waals surface area contributed by atoms with E-state index in [1.807, 2.05) is 29.2 Å². The second-order valence-corrected chi connectivity index (χ2v) is 7.09. The molecule has 2 heterocycles. The Morgan fingerprint density at radius 2 is 2.00 bits per heavy atom. The van der Waals surface area contributed by atoms with E-state index < -0.39 is 6.10 Å². The minimum Gasteiger partial charge on any atom is -0.480 e. The molecule has 2 unspecified atom stereocenters. The SMILES string of the molecule is CC1CN(C(=O)c2cccc(NC(=O)C3Cc4ccccc4O3)c2)CCN1.Cl. The number of nitrogens with one attached hydrogen (secondary N) is 2. The van der Waals surface area contributed by atoms with E-state index in [9.17, 15) is 9.59 Å². The molecule has 2 aliphatic heterocycles. The van der Waals surface area contributed by atoms with Crippen LogP contribution in [0.3, 0.4) is 0 Å². The molecule has 4 rings (SSSR count). The average molecular weight is 402 g/mol. The molecule has 0 radical (unpaired) electrons. The van der Waals surface area contributed by atoms with Crippen LogP contribution in [0.15, 0.2) is 48.5 Å². The summed E-state index contributed by atoms with van der Waals surface area (Å²) in [6.07, 6.45) is 0.00928. The van der Waals surface area contributed by atoms with Gasteiger partial charge in [0.25, 0.3) is 11.8 Å². The molecule has 0 bridgehead atoms. The number of carbonyl (C=O) groups excluding carboxylic acids is 2. The number of amides is 2. The fraction of sp³-hybridized carbons (Fsp3) is 0.333. The lowest BCUT2D eigenvalue weighted by Crippen LogP contribution is -2.51. The molecular weight excluding hydrogens is 378 g/mol. The lowest BCUT2D eigenvalue weighted by Gasteiger charge is -2.32. The molecule has 0 aromatic heterocycles. The second-order valence-electron chi connectivity index (χ2n) is 7.09. The molecule has 2 aliphatic rings. The monoisotopic (exact) mass is 401 g/mol.